The molecule has 3 unspecified atom stereocenters. The normalized spacial score (nSPS) is 27.0. The maximum Gasteiger partial charge on any atom is 0.254 e. The van der Waals surface area contributed by atoms with Crippen LogP contribution in [0.4, 0.5) is 5.69 Å². The van der Waals surface area contributed by atoms with Crippen molar-refractivity contribution in [1.29, 1.82) is 0 Å². The van der Waals surface area contributed by atoms with Crippen LogP contribution in [0.25, 0.3) is 0 Å². The Morgan fingerprint density at radius 1 is 1.07 bits per heavy atom. The number of carbonyl (C=O) groups excluding carboxylic acids is 1. The van der Waals surface area contributed by atoms with E-state index in [9.17, 15) is 4.79 Å². The lowest BCUT2D eigenvalue weighted by Gasteiger charge is -2.48. The third kappa shape index (κ3) is 3.09. The number of anilines is 1. The average Bonchev–Trinajstić information content (AvgIpc) is 3.11. The number of rotatable bonds is 4. The molecular weight excluding hydrogens is 350 g/mol. The number of fused-ring (bicyclic) bond motifs is 1. The molecule has 0 spiro atoms. The van der Waals surface area contributed by atoms with Crippen molar-refractivity contribution in [2.75, 3.05) is 11.6 Å². The van der Waals surface area contributed by atoms with Gasteiger partial charge >= 0.3 is 0 Å². The number of likely N-dealkylation sites (tertiary alicyclic amines) is 1. The van der Waals surface area contributed by atoms with E-state index in [1.165, 1.54) is 5.56 Å². The van der Waals surface area contributed by atoms with Gasteiger partial charge in [-0.05, 0) is 37.0 Å². The zero-order valence-electron chi connectivity index (χ0n) is 15.9. The number of nitrogens with one attached hydrogen (secondary N) is 3. The number of para-hydroxylation sites is 1. The molecule has 3 aliphatic heterocycles. The summed E-state index contributed by atoms with van der Waals surface area (Å²) in [5.74, 6) is -0.0114. The highest BCUT2D eigenvalue weighted by atomic mass is 16.2. The van der Waals surface area contributed by atoms with Gasteiger partial charge in [0.1, 0.15) is 12.5 Å². The van der Waals surface area contributed by atoms with Crippen LogP contribution < -0.4 is 21.1 Å². The second kappa shape index (κ2) is 7.05. The number of benzene rings is 2. The van der Waals surface area contributed by atoms with Crippen molar-refractivity contribution >= 4 is 11.6 Å². The van der Waals surface area contributed by atoms with E-state index in [-0.39, 0.29) is 18.4 Å². The van der Waals surface area contributed by atoms with Crippen molar-refractivity contribution in [2.24, 2.45) is 0 Å². The lowest BCUT2D eigenvalue weighted by atomic mass is 9.95. The molecule has 0 saturated carbocycles. The van der Waals surface area contributed by atoms with Gasteiger partial charge in [-0.15, -0.1) is 0 Å². The predicted molar refractivity (Wildman–Crippen MR) is 109 cm³/mol. The SMILES string of the molecule is Cc1ccccc1N1C=C2C(=O)NC(N3CCC3Cc3ccccc3)NC2N1. The Bertz CT molecular complexity index is 912. The van der Waals surface area contributed by atoms with Crippen LogP contribution in [0.3, 0.4) is 0 Å². The van der Waals surface area contributed by atoms with Gasteiger partial charge < -0.3 is 5.32 Å². The minimum Gasteiger partial charge on any atom is -0.324 e. The minimum atomic E-state index is -0.184. The number of hydrogen-bond acceptors (Lipinski definition) is 5. The highest BCUT2D eigenvalue weighted by Crippen LogP contribution is 2.28. The van der Waals surface area contributed by atoms with Gasteiger partial charge in [-0.25, -0.2) is 5.43 Å². The van der Waals surface area contributed by atoms with Gasteiger partial charge in [0.05, 0.1) is 11.3 Å². The number of hydrazine groups is 1. The Kier molecular flexibility index (Phi) is 4.39. The monoisotopic (exact) mass is 375 g/mol. The molecule has 144 valence electrons. The van der Waals surface area contributed by atoms with Crippen LogP contribution in [0, 0.1) is 6.92 Å². The number of aryl methyl sites for hydroxylation is 1. The largest absolute Gasteiger partial charge is 0.324 e. The molecule has 2 saturated heterocycles. The van der Waals surface area contributed by atoms with Crippen LogP contribution in [0.1, 0.15) is 17.5 Å². The van der Waals surface area contributed by atoms with E-state index in [0.29, 0.717) is 6.04 Å². The molecule has 3 atom stereocenters. The molecule has 2 aromatic rings. The number of nitrogens with zero attached hydrogens (tertiary/aromatic N) is 2. The zero-order valence-corrected chi connectivity index (χ0v) is 15.9. The third-order valence-corrected chi connectivity index (χ3v) is 5.91. The van der Waals surface area contributed by atoms with Crippen molar-refractivity contribution in [3.05, 3.63) is 77.5 Å². The van der Waals surface area contributed by atoms with E-state index in [1.807, 2.05) is 29.4 Å². The van der Waals surface area contributed by atoms with Crippen molar-refractivity contribution in [1.82, 2.24) is 21.0 Å². The molecule has 2 aromatic carbocycles. The molecule has 3 heterocycles. The van der Waals surface area contributed by atoms with Crippen LogP contribution in [0.2, 0.25) is 0 Å². The van der Waals surface area contributed by atoms with Crippen LogP contribution in [-0.2, 0) is 11.2 Å². The molecule has 28 heavy (non-hydrogen) atoms. The molecule has 6 heteroatoms. The molecule has 3 N–H and O–H groups in total. The molecule has 0 aromatic heterocycles. The zero-order chi connectivity index (χ0) is 19.1. The molecule has 5 rings (SSSR count). The highest BCUT2D eigenvalue weighted by Gasteiger charge is 2.42. The average molecular weight is 375 g/mol. The Hall–Kier alpha value is -2.67. The van der Waals surface area contributed by atoms with Crippen LogP contribution in [-0.4, -0.2) is 35.8 Å². The van der Waals surface area contributed by atoms with Crippen LogP contribution in [0.5, 0.6) is 0 Å². The van der Waals surface area contributed by atoms with E-state index in [4.69, 9.17) is 0 Å². The minimum absolute atomic E-state index is 0.0114. The van der Waals surface area contributed by atoms with E-state index in [1.54, 1.807) is 0 Å². The Morgan fingerprint density at radius 3 is 2.61 bits per heavy atom. The van der Waals surface area contributed by atoms with Gasteiger partial charge in [0.25, 0.3) is 5.91 Å². The standard InChI is InChI=1S/C22H25N5O/c1-15-7-5-6-10-19(15)27-14-18-20(25-27)23-22(24-21(18)28)26-12-11-17(26)13-16-8-3-2-4-9-16/h2-10,14,17,20,22-23,25H,11-13H2,1H3,(H,24,28). The molecular formula is C22H25N5O. The number of hydrogen-bond donors (Lipinski definition) is 3. The fourth-order valence-electron chi connectivity index (χ4n) is 4.24. The van der Waals surface area contributed by atoms with Crippen LogP contribution in [0.15, 0.2) is 66.4 Å². The van der Waals surface area contributed by atoms with Gasteiger partial charge in [0.15, 0.2) is 0 Å². The topological polar surface area (TPSA) is 59.6 Å². The summed E-state index contributed by atoms with van der Waals surface area (Å²) in [6.45, 7) is 3.06. The number of carbonyl (C=O) groups is 1. The van der Waals surface area contributed by atoms with Crippen molar-refractivity contribution in [3.63, 3.8) is 0 Å². The summed E-state index contributed by atoms with van der Waals surface area (Å²) in [4.78, 5) is 15.1. The summed E-state index contributed by atoms with van der Waals surface area (Å²) in [5, 5.41) is 8.63. The third-order valence-electron chi connectivity index (χ3n) is 5.91. The van der Waals surface area contributed by atoms with Crippen molar-refractivity contribution in [2.45, 2.75) is 38.3 Å². The van der Waals surface area contributed by atoms with E-state index < -0.39 is 0 Å². The van der Waals surface area contributed by atoms with Crippen molar-refractivity contribution in [3.8, 4) is 0 Å². The second-order valence-electron chi connectivity index (χ2n) is 7.72. The Balaban J connectivity index is 1.28. The van der Waals surface area contributed by atoms with Gasteiger partial charge in [-0.2, -0.15) is 0 Å². The second-order valence-corrected chi connectivity index (χ2v) is 7.72. The van der Waals surface area contributed by atoms with Gasteiger partial charge in [0, 0.05) is 18.8 Å². The smallest absolute Gasteiger partial charge is 0.254 e. The molecule has 0 radical (unpaired) electrons. The first-order chi connectivity index (χ1) is 13.7. The summed E-state index contributed by atoms with van der Waals surface area (Å²) in [5.41, 5.74) is 7.70. The lowest BCUT2D eigenvalue weighted by molar-refractivity contribution is -0.124. The molecule has 0 bridgehead atoms. The fourth-order valence-corrected chi connectivity index (χ4v) is 4.24. The molecule has 3 aliphatic rings. The maximum absolute atomic E-state index is 12.7. The van der Waals surface area contributed by atoms with E-state index >= 15 is 0 Å². The predicted octanol–water partition coefficient (Wildman–Crippen LogP) is 1.85. The first kappa shape index (κ1) is 17.4. The summed E-state index contributed by atoms with van der Waals surface area (Å²) in [7, 11) is 0. The maximum atomic E-state index is 12.7. The molecule has 2 fully saturated rings. The molecule has 6 nitrogen and oxygen atoms in total. The first-order valence-electron chi connectivity index (χ1n) is 9.88. The first-order valence-corrected chi connectivity index (χ1v) is 9.88. The molecule has 0 aliphatic carbocycles. The fraction of sp³-hybridized carbons (Fsp3) is 0.318. The quantitative estimate of drug-likeness (QED) is 0.761. The summed E-state index contributed by atoms with van der Waals surface area (Å²) < 4.78 is 0. The van der Waals surface area contributed by atoms with E-state index in [0.717, 1.165) is 36.2 Å². The van der Waals surface area contributed by atoms with Gasteiger partial charge in [-0.1, -0.05) is 48.5 Å². The summed E-state index contributed by atoms with van der Waals surface area (Å²) in [6, 6.07) is 19.1. The highest BCUT2D eigenvalue weighted by molar-refractivity contribution is 5.96. The van der Waals surface area contributed by atoms with E-state index in [2.05, 4.69) is 64.3 Å². The van der Waals surface area contributed by atoms with Gasteiger partial charge in [0.2, 0.25) is 0 Å². The summed E-state index contributed by atoms with van der Waals surface area (Å²) >= 11 is 0. The lowest BCUT2D eigenvalue weighted by Crippen LogP contribution is -2.71. The Labute approximate surface area is 165 Å². The van der Waals surface area contributed by atoms with Crippen LogP contribution >= 0.6 is 0 Å². The summed E-state index contributed by atoms with van der Waals surface area (Å²) in [6.07, 6.45) is 3.71. The van der Waals surface area contributed by atoms with Gasteiger partial charge in [-0.3, -0.25) is 20.0 Å². The van der Waals surface area contributed by atoms with Crippen molar-refractivity contribution < 1.29 is 4.79 Å². The Morgan fingerprint density at radius 2 is 1.86 bits per heavy atom. The number of amides is 1. The molecule has 1 amide bonds.